The molecule has 0 heterocycles. The molecule has 2 heteroatoms. The van der Waals surface area contributed by atoms with Gasteiger partial charge < -0.3 is 10.2 Å². The smallest absolute Gasteiger partial charge is 0.0343 e. The number of nitrogens with zero attached hydrogens (tertiary/aromatic N) is 1. The lowest BCUT2D eigenvalue weighted by molar-refractivity contribution is 0.180. The predicted octanol–water partition coefficient (Wildman–Crippen LogP) is 4.10. The van der Waals surface area contributed by atoms with E-state index >= 15 is 0 Å². The Morgan fingerprint density at radius 1 is 1.10 bits per heavy atom. The van der Waals surface area contributed by atoms with Crippen molar-refractivity contribution < 1.29 is 0 Å². The highest BCUT2D eigenvalue weighted by molar-refractivity contribution is 5.49. The van der Waals surface area contributed by atoms with E-state index in [0.717, 1.165) is 12.6 Å². The number of hydrogen-bond acceptors (Lipinski definition) is 2. The van der Waals surface area contributed by atoms with Crippen LogP contribution < -0.4 is 5.32 Å². The fourth-order valence-electron chi connectivity index (χ4n) is 3.41. The van der Waals surface area contributed by atoms with E-state index in [1.165, 1.54) is 50.9 Å². The molecule has 0 saturated heterocycles. The Morgan fingerprint density at radius 2 is 1.85 bits per heavy atom. The summed E-state index contributed by atoms with van der Waals surface area (Å²) in [5.41, 5.74) is 4.41. The van der Waals surface area contributed by atoms with E-state index in [1.54, 1.807) is 11.1 Å². The van der Waals surface area contributed by atoms with E-state index < -0.39 is 0 Å². The Morgan fingerprint density at radius 3 is 2.50 bits per heavy atom. The predicted molar refractivity (Wildman–Crippen MR) is 88.6 cm³/mol. The molecule has 1 aliphatic carbocycles. The number of fused-ring (bicyclic) bond motifs is 1. The molecule has 2 nitrogen and oxygen atoms in total. The lowest BCUT2D eigenvalue weighted by atomic mass is 9.87. The molecule has 0 fully saturated rings. The van der Waals surface area contributed by atoms with Crippen LogP contribution in [0, 0.1) is 0 Å². The van der Waals surface area contributed by atoms with Gasteiger partial charge in [0.15, 0.2) is 0 Å². The fraction of sp³-hybridized carbons (Fsp3) is 0.667. The first kappa shape index (κ1) is 15.4. The highest BCUT2D eigenvalue weighted by Gasteiger charge is 2.23. The molecule has 1 aromatic carbocycles. The van der Waals surface area contributed by atoms with E-state index in [4.69, 9.17) is 0 Å². The summed E-state index contributed by atoms with van der Waals surface area (Å²) in [5.74, 6) is 0. The summed E-state index contributed by atoms with van der Waals surface area (Å²) in [6, 6.07) is 7.69. The average Bonchev–Trinajstić information content (AvgIpc) is 2.47. The third-order valence-electron chi connectivity index (χ3n) is 4.33. The second-order valence-electron chi connectivity index (χ2n) is 5.95. The molecule has 0 aliphatic heterocycles. The maximum Gasteiger partial charge on any atom is 0.0343 e. The highest BCUT2D eigenvalue weighted by atomic mass is 15.1. The normalized spacial score (nSPS) is 18.1. The number of rotatable bonds is 7. The molecule has 1 unspecified atom stereocenters. The largest absolute Gasteiger partial charge is 0.385 e. The van der Waals surface area contributed by atoms with Crippen molar-refractivity contribution in [2.45, 2.75) is 58.9 Å². The molecule has 0 radical (unpaired) electrons. The number of aryl methyl sites for hydroxylation is 1. The van der Waals surface area contributed by atoms with Crippen LogP contribution in [0.3, 0.4) is 0 Å². The summed E-state index contributed by atoms with van der Waals surface area (Å²) in [6.07, 6.45) is 6.33. The molecule has 1 aromatic rings. The second-order valence-corrected chi connectivity index (χ2v) is 5.95. The van der Waals surface area contributed by atoms with Crippen molar-refractivity contribution in [3.63, 3.8) is 0 Å². The van der Waals surface area contributed by atoms with Gasteiger partial charge in [-0.1, -0.05) is 19.9 Å². The molecule has 112 valence electrons. The Bertz CT molecular complexity index is 408. The van der Waals surface area contributed by atoms with Gasteiger partial charge in [-0.05, 0) is 75.4 Å². The van der Waals surface area contributed by atoms with Crippen molar-refractivity contribution in [2.24, 2.45) is 0 Å². The summed E-state index contributed by atoms with van der Waals surface area (Å²) in [7, 11) is 0. The van der Waals surface area contributed by atoms with Crippen molar-refractivity contribution in [3.8, 4) is 0 Å². The summed E-state index contributed by atoms with van der Waals surface area (Å²) in [6.45, 7) is 10.2. The van der Waals surface area contributed by atoms with Gasteiger partial charge in [-0.25, -0.2) is 0 Å². The molecule has 0 spiro atoms. The van der Waals surface area contributed by atoms with E-state index in [1.807, 2.05) is 0 Å². The average molecular weight is 274 g/mol. The van der Waals surface area contributed by atoms with Crippen LogP contribution in [0.25, 0.3) is 0 Å². The molecular formula is C18H30N2. The zero-order valence-corrected chi connectivity index (χ0v) is 13.4. The standard InChI is InChI=1S/C18H30N2/c1-4-11-20(12-5-2)18-10-8-15-7-9-17(19-6-3)13-16(15)14-18/h7,9,13,18-19H,4-6,8,10-12,14H2,1-3H3. The van der Waals surface area contributed by atoms with Gasteiger partial charge >= 0.3 is 0 Å². The summed E-state index contributed by atoms with van der Waals surface area (Å²) in [4.78, 5) is 2.71. The van der Waals surface area contributed by atoms with Gasteiger partial charge in [0, 0.05) is 18.3 Å². The quantitative estimate of drug-likeness (QED) is 0.805. The van der Waals surface area contributed by atoms with Gasteiger partial charge in [0.05, 0.1) is 0 Å². The third-order valence-corrected chi connectivity index (χ3v) is 4.33. The molecule has 1 aliphatic rings. The number of hydrogen-bond donors (Lipinski definition) is 1. The van der Waals surface area contributed by atoms with Crippen molar-refractivity contribution >= 4 is 5.69 Å². The minimum atomic E-state index is 0.749. The SMILES string of the molecule is CCCN(CCC)C1CCc2ccc(NCC)cc2C1. The Balaban J connectivity index is 2.09. The zero-order chi connectivity index (χ0) is 14.4. The van der Waals surface area contributed by atoms with Gasteiger partial charge in [-0.2, -0.15) is 0 Å². The van der Waals surface area contributed by atoms with Crippen LogP contribution in [0.5, 0.6) is 0 Å². The van der Waals surface area contributed by atoms with Crippen molar-refractivity contribution in [2.75, 3.05) is 25.0 Å². The van der Waals surface area contributed by atoms with Crippen LogP contribution in [0.4, 0.5) is 5.69 Å². The maximum atomic E-state index is 3.44. The van der Waals surface area contributed by atoms with Crippen molar-refractivity contribution in [1.82, 2.24) is 4.90 Å². The first-order valence-corrected chi connectivity index (χ1v) is 8.38. The van der Waals surface area contributed by atoms with E-state index in [2.05, 4.69) is 49.2 Å². The molecular weight excluding hydrogens is 244 g/mol. The van der Waals surface area contributed by atoms with Gasteiger partial charge in [-0.15, -0.1) is 0 Å². The van der Waals surface area contributed by atoms with Crippen molar-refractivity contribution in [3.05, 3.63) is 29.3 Å². The van der Waals surface area contributed by atoms with Crippen LogP contribution in [0.15, 0.2) is 18.2 Å². The molecule has 2 rings (SSSR count). The summed E-state index contributed by atoms with van der Waals surface area (Å²) >= 11 is 0. The fourth-order valence-corrected chi connectivity index (χ4v) is 3.41. The molecule has 0 bridgehead atoms. The van der Waals surface area contributed by atoms with Crippen LogP contribution in [0.1, 0.15) is 51.2 Å². The Labute approximate surface area is 124 Å². The maximum absolute atomic E-state index is 3.44. The van der Waals surface area contributed by atoms with E-state index in [0.29, 0.717) is 0 Å². The van der Waals surface area contributed by atoms with Gasteiger partial charge in [-0.3, -0.25) is 0 Å². The molecule has 0 aromatic heterocycles. The first-order valence-electron chi connectivity index (χ1n) is 8.38. The monoisotopic (exact) mass is 274 g/mol. The molecule has 0 amide bonds. The molecule has 1 atom stereocenters. The summed E-state index contributed by atoms with van der Waals surface area (Å²) in [5, 5.41) is 3.44. The minimum absolute atomic E-state index is 0.749. The van der Waals surface area contributed by atoms with E-state index in [-0.39, 0.29) is 0 Å². The molecule has 0 saturated carbocycles. The molecule has 20 heavy (non-hydrogen) atoms. The number of benzene rings is 1. The van der Waals surface area contributed by atoms with Gasteiger partial charge in [0.1, 0.15) is 0 Å². The highest BCUT2D eigenvalue weighted by Crippen LogP contribution is 2.27. The van der Waals surface area contributed by atoms with E-state index in [9.17, 15) is 0 Å². The number of nitrogens with one attached hydrogen (secondary N) is 1. The lowest BCUT2D eigenvalue weighted by Gasteiger charge is -2.35. The molecule has 1 N–H and O–H groups in total. The topological polar surface area (TPSA) is 15.3 Å². The minimum Gasteiger partial charge on any atom is -0.385 e. The lowest BCUT2D eigenvalue weighted by Crippen LogP contribution is -2.40. The van der Waals surface area contributed by atoms with Crippen LogP contribution in [-0.4, -0.2) is 30.6 Å². The zero-order valence-electron chi connectivity index (χ0n) is 13.4. The van der Waals surface area contributed by atoms with Gasteiger partial charge in [0.25, 0.3) is 0 Å². The first-order chi connectivity index (χ1) is 9.78. The Kier molecular flexibility index (Phi) is 5.90. The second kappa shape index (κ2) is 7.68. The van der Waals surface area contributed by atoms with Gasteiger partial charge in [0.2, 0.25) is 0 Å². The third kappa shape index (κ3) is 3.76. The van der Waals surface area contributed by atoms with Crippen molar-refractivity contribution in [1.29, 1.82) is 0 Å². The van der Waals surface area contributed by atoms with Crippen LogP contribution in [-0.2, 0) is 12.8 Å². The van der Waals surface area contributed by atoms with Crippen LogP contribution in [0.2, 0.25) is 0 Å². The summed E-state index contributed by atoms with van der Waals surface area (Å²) < 4.78 is 0. The number of anilines is 1. The Hall–Kier alpha value is -1.02. The van der Waals surface area contributed by atoms with Crippen LogP contribution >= 0.6 is 0 Å².